The molecule has 0 aliphatic rings. The highest BCUT2D eigenvalue weighted by Gasteiger charge is 2.01. The van der Waals surface area contributed by atoms with Gasteiger partial charge in [0.2, 0.25) is 0 Å². The maximum absolute atomic E-state index is 11.9. The van der Waals surface area contributed by atoms with Gasteiger partial charge in [-0.3, -0.25) is 4.79 Å². The van der Waals surface area contributed by atoms with E-state index >= 15 is 0 Å². The van der Waals surface area contributed by atoms with Crippen molar-refractivity contribution in [3.05, 3.63) is 12.2 Å². The molecule has 0 radical (unpaired) electrons. The standard InChI is InChI=1S/C27H52O/c1-3-5-7-9-11-12-13-14-15-16-17-18-20-22-24-26-27(28)25-23-21-19-10-8-6-4-2/h14-15H,3-13,16-26H2,1-2H3. The van der Waals surface area contributed by atoms with Crippen molar-refractivity contribution in [2.75, 3.05) is 0 Å². The molecule has 166 valence electrons. The average molecular weight is 393 g/mol. The number of allylic oxidation sites excluding steroid dienone is 2. The van der Waals surface area contributed by atoms with Crippen molar-refractivity contribution in [3.63, 3.8) is 0 Å². The number of hydrogen-bond donors (Lipinski definition) is 0. The third-order valence-corrected chi connectivity index (χ3v) is 5.78. The quantitative estimate of drug-likeness (QED) is 0.125. The normalized spacial score (nSPS) is 11.5. The molecule has 0 bridgehead atoms. The van der Waals surface area contributed by atoms with Crippen molar-refractivity contribution in [1.29, 1.82) is 0 Å². The molecule has 0 unspecified atom stereocenters. The lowest BCUT2D eigenvalue weighted by Gasteiger charge is -2.03. The Kier molecular flexibility index (Phi) is 23.9. The van der Waals surface area contributed by atoms with Crippen LogP contribution in [0.3, 0.4) is 0 Å². The van der Waals surface area contributed by atoms with Crippen LogP contribution in [0.15, 0.2) is 12.2 Å². The van der Waals surface area contributed by atoms with Crippen LogP contribution in [0.5, 0.6) is 0 Å². The van der Waals surface area contributed by atoms with Crippen molar-refractivity contribution >= 4 is 5.78 Å². The van der Waals surface area contributed by atoms with Gasteiger partial charge in [0.05, 0.1) is 0 Å². The average Bonchev–Trinajstić information content (AvgIpc) is 2.70. The molecule has 0 rings (SSSR count). The summed E-state index contributed by atoms with van der Waals surface area (Å²) in [6.45, 7) is 4.54. The molecule has 0 aliphatic heterocycles. The summed E-state index contributed by atoms with van der Waals surface area (Å²) in [5.74, 6) is 0.506. The van der Waals surface area contributed by atoms with Gasteiger partial charge in [0.1, 0.15) is 5.78 Å². The highest BCUT2D eigenvalue weighted by atomic mass is 16.1. The molecule has 0 aromatic carbocycles. The number of ketones is 1. The van der Waals surface area contributed by atoms with Crippen molar-refractivity contribution in [2.24, 2.45) is 0 Å². The summed E-state index contributed by atoms with van der Waals surface area (Å²) in [6.07, 6.45) is 32.7. The van der Waals surface area contributed by atoms with Gasteiger partial charge < -0.3 is 0 Å². The van der Waals surface area contributed by atoms with Crippen molar-refractivity contribution in [3.8, 4) is 0 Å². The lowest BCUT2D eigenvalue weighted by molar-refractivity contribution is -0.119. The zero-order valence-corrected chi connectivity index (χ0v) is 19.6. The van der Waals surface area contributed by atoms with E-state index in [1.807, 2.05) is 0 Å². The van der Waals surface area contributed by atoms with E-state index in [-0.39, 0.29) is 0 Å². The van der Waals surface area contributed by atoms with Gasteiger partial charge in [-0.15, -0.1) is 0 Å². The SMILES string of the molecule is CCCCCCCCC=CCCCCCCCC(=O)CCCCCCCCC. The first-order valence-corrected chi connectivity index (χ1v) is 13.0. The Morgan fingerprint density at radius 2 is 0.786 bits per heavy atom. The maximum atomic E-state index is 11.9. The number of carbonyl (C=O) groups excluding carboxylic acids is 1. The first kappa shape index (κ1) is 27.4. The fourth-order valence-corrected chi connectivity index (χ4v) is 3.80. The monoisotopic (exact) mass is 392 g/mol. The summed E-state index contributed by atoms with van der Waals surface area (Å²) in [6, 6.07) is 0. The van der Waals surface area contributed by atoms with E-state index in [1.165, 1.54) is 116 Å². The molecule has 0 atom stereocenters. The molecular weight excluding hydrogens is 340 g/mol. The van der Waals surface area contributed by atoms with E-state index in [9.17, 15) is 4.79 Å². The van der Waals surface area contributed by atoms with E-state index in [1.54, 1.807) is 0 Å². The van der Waals surface area contributed by atoms with Gasteiger partial charge in [-0.05, 0) is 38.5 Å². The molecule has 0 heterocycles. The Morgan fingerprint density at radius 3 is 1.18 bits per heavy atom. The predicted octanol–water partition coefficient (Wildman–Crippen LogP) is 9.73. The van der Waals surface area contributed by atoms with Crippen LogP contribution in [0, 0.1) is 0 Å². The summed E-state index contributed by atoms with van der Waals surface area (Å²) in [7, 11) is 0. The second kappa shape index (κ2) is 24.4. The molecule has 0 aromatic rings. The molecule has 1 nitrogen and oxygen atoms in total. The van der Waals surface area contributed by atoms with Crippen LogP contribution in [0.25, 0.3) is 0 Å². The van der Waals surface area contributed by atoms with Gasteiger partial charge in [0.25, 0.3) is 0 Å². The smallest absolute Gasteiger partial charge is 0.132 e. The molecule has 28 heavy (non-hydrogen) atoms. The predicted molar refractivity (Wildman–Crippen MR) is 127 cm³/mol. The molecule has 1 heteroatoms. The van der Waals surface area contributed by atoms with Crippen LogP contribution in [0.2, 0.25) is 0 Å². The van der Waals surface area contributed by atoms with Gasteiger partial charge in [-0.2, -0.15) is 0 Å². The number of rotatable bonds is 23. The molecule has 0 aliphatic carbocycles. The minimum atomic E-state index is 0.506. The number of carbonyl (C=O) groups is 1. The summed E-state index contributed by atoms with van der Waals surface area (Å²) >= 11 is 0. The molecule has 0 saturated carbocycles. The van der Waals surface area contributed by atoms with Gasteiger partial charge in [0.15, 0.2) is 0 Å². The largest absolute Gasteiger partial charge is 0.300 e. The maximum Gasteiger partial charge on any atom is 0.132 e. The third-order valence-electron chi connectivity index (χ3n) is 5.78. The second-order valence-electron chi connectivity index (χ2n) is 8.74. The van der Waals surface area contributed by atoms with Gasteiger partial charge in [-0.1, -0.05) is 116 Å². The van der Waals surface area contributed by atoms with Crippen molar-refractivity contribution in [1.82, 2.24) is 0 Å². The first-order valence-electron chi connectivity index (χ1n) is 13.0. The topological polar surface area (TPSA) is 17.1 Å². The second-order valence-corrected chi connectivity index (χ2v) is 8.74. The van der Waals surface area contributed by atoms with Gasteiger partial charge in [0, 0.05) is 12.8 Å². The van der Waals surface area contributed by atoms with Crippen LogP contribution in [0.4, 0.5) is 0 Å². The molecular formula is C27H52O. The van der Waals surface area contributed by atoms with Crippen LogP contribution in [-0.4, -0.2) is 5.78 Å². The van der Waals surface area contributed by atoms with E-state index in [4.69, 9.17) is 0 Å². The fourth-order valence-electron chi connectivity index (χ4n) is 3.80. The zero-order valence-electron chi connectivity index (χ0n) is 19.6. The molecule has 0 aromatic heterocycles. The highest BCUT2D eigenvalue weighted by Crippen LogP contribution is 2.12. The Hall–Kier alpha value is -0.590. The minimum Gasteiger partial charge on any atom is -0.300 e. The highest BCUT2D eigenvalue weighted by molar-refractivity contribution is 5.78. The summed E-state index contributed by atoms with van der Waals surface area (Å²) in [4.78, 5) is 11.9. The lowest BCUT2D eigenvalue weighted by Crippen LogP contribution is -1.97. The lowest BCUT2D eigenvalue weighted by atomic mass is 10.0. The van der Waals surface area contributed by atoms with Crippen LogP contribution < -0.4 is 0 Å². The molecule has 0 saturated heterocycles. The number of Topliss-reactive ketones (excluding diaryl/α,β-unsaturated/α-hetero) is 1. The number of hydrogen-bond acceptors (Lipinski definition) is 1. The Balaban J connectivity index is 3.19. The van der Waals surface area contributed by atoms with Crippen LogP contribution in [-0.2, 0) is 4.79 Å². The van der Waals surface area contributed by atoms with E-state index < -0.39 is 0 Å². The summed E-state index contributed by atoms with van der Waals surface area (Å²) in [5, 5.41) is 0. The molecule has 0 fully saturated rings. The van der Waals surface area contributed by atoms with E-state index in [0.717, 1.165) is 25.7 Å². The summed E-state index contributed by atoms with van der Waals surface area (Å²) < 4.78 is 0. The Morgan fingerprint density at radius 1 is 0.464 bits per heavy atom. The Bertz CT molecular complexity index is 331. The first-order chi connectivity index (χ1) is 13.8. The minimum absolute atomic E-state index is 0.506. The van der Waals surface area contributed by atoms with Crippen LogP contribution in [0.1, 0.15) is 155 Å². The van der Waals surface area contributed by atoms with Gasteiger partial charge in [-0.25, -0.2) is 0 Å². The van der Waals surface area contributed by atoms with E-state index in [2.05, 4.69) is 26.0 Å². The van der Waals surface area contributed by atoms with Crippen molar-refractivity contribution < 1.29 is 4.79 Å². The van der Waals surface area contributed by atoms with E-state index in [0.29, 0.717) is 5.78 Å². The Labute approximate surface area is 178 Å². The number of unbranched alkanes of at least 4 members (excludes halogenated alkanes) is 17. The van der Waals surface area contributed by atoms with Gasteiger partial charge >= 0.3 is 0 Å². The molecule has 0 N–H and O–H groups in total. The molecule has 0 spiro atoms. The van der Waals surface area contributed by atoms with Crippen molar-refractivity contribution in [2.45, 2.75) is 155 Å². The third kappa shape index (κ3) is 23.4. The fraction of sp³-hybridized carbons (Fsp3) is 0.889. The molecule has 0 amide bonds. The zero-order chi connectivity index (χ0) is 20.5. The van der Waals surface area contributed by atoms with Crippen LogP contribution >= 0.6 is 0 Å². The summed E-state index contributed by atoms with van der Waals surface area (Å²) in [5.41, 5.74) is 0.